The van der Waals surface area contributed by atoms with Gasteiger partial charge in [0.15, 0.2) is 0 Å². The number of ether oxygens (including phenoxy) is 1. The lowest BCUT2D eigenvalue weighted by Gasteiger charge is -2.44. The molecule has 2 nitrogen and oxygen atoms in total. The highest BCUT2D eigenvalue weighted by molar-refractivity contribution is 5.19. The van der Waals surface area contributed by atoms with Crippen LogP contribution in [0.2, 0.25) is 0 Å². The Morgan fingerprint density at radius 2 is 1.89 bits per heavy atom. The second kappa shape index (κ2) is 7.44. The molecule has 2 aliphatic rings. The lowest BCUT2D eigenvalue weighted by molar-refractivity contribution is -0.0589. The lowest BCUT2D eigenvalue weighted by Crippen LogP contribution is -2.54. The lowest BCUT2D eigenvalue weighted by atomic mass is 9.75. The predicted octanol–water partition coefficient (Wildman–Crippen LogP) is 4.20. The van der Waals surface area contributed by atoms with E-state index in [0.717, 1.165) is 6.54 Å². The van der Waals surface area contributed by atoms with Gasteiger partial charge in [0.25, 0.3) is 0 Å². The maximum atomic E-state index is 6.08. The summed E-state index contributed by atoms with van der Waals surface area (Å²) in [6.45, 7) is 3.25. The SMILES string of the molecule is CCNC(C1=CCCCCC1)C1(OC)CCCCC1. The molecule has 2 rings (SSSR count). The van der Waals surface area contributed by atoms with E-state index in [-0.39, 0.29) is 5.60 Å². The molecular weight excluding hydrogens is 234 g/mol. The average Bonchev–Trinajstić information content (AvgIpc) is 2.74. The Morgan fingerprint density at radius 3 is 2.58 bits per heavy atom. The van der Waals surface area contributed by atoms with Crippen molar-refractivity contribution in [1.82, 2.24) is 5.32 Å². The van der Waals surface area contributed by atoms with Crippen molar-refractivity contribution in [3.05, 3.63) is 11.6 Å². The van der Waals surface area contributed by atoms with Crippen LogP contribution in [0.15, 0.2) is 11.6 Å². The molecular formula is C17H31NO. The molecule has 0 radical (unpaired) electrons. The van der Waals surface area contributed by atoms with Crippen LogP contribution in [-0.4, -0.2) is 25.3 Å². The van der Waals surface area contributed by atoms with Crippen LogP contribution in [-0.2, 0) is 4.74 Å². The van der Waals surface area contributed by atoms with Gasteiger partial charge in [-0.3, -0.25) is 0 Å². The first-order valence-corrected chi connectivity index (χ1v) is 8.30. The Hall–Kier alpha value is -0.340. The van der Waals surface area contributed by atoms with Crippen molar-refractivity contribution in [3.8, 4) is 0 Å². The third kappa shape index (κ3) is 3.61. The monoisotopic (exact) mass is 265 g/mol. The van der Waals surface area contributed by atoms with Crippen molar-refractivity contribution in [1.29, 1.82) is 0 Å². The van der Waals surface area contributed by atoms with Crippen LogP contribution in [0, 0.1) is 0 Å². The van der Waals surface area contributed by atoms with Gasteiger partial charge in [-0.25, -0.2) is 0 Å². The summed E-state index contributed by atoms with van der Waals surface area (Å²) >= 11 is 0. The molecule has 0 spiro atoms. The first-order chi connectivity index (χ1) is 9.32. The molecule has 0 aromatic carbocycles. The highest BCUT2D eigenvalue weighted by Gasteiger charge is 2.41. The molecule has 0 saturated heterocycles. The molecule has 1 atom stereocenters. The van der Waals surface area contributed by atoms with Crippen LogP contribution in [0.4, 0.5) is 0 Å². The molecule has 0 amide bonds. The minimum Gasteiger partial charge on any atom is -0.376 e. The number of likely N-dealkylation sites (N-methyl/N-ethyl adjacent to an activating group) is 1. The molecule has 2 heteroatoms. The largest absolute Gasteiger partial charge is 0.376 e. The fourth-order valence-corrected chi connectivity index (χ4v) is 3.92. The molecule has 110 valence electrons. The van der Waals surface area contributed by atoms with E-state index in [2.05, 4.69) is 18.3 Å². The molecule has 2 aliphatic carbocycles. The van der Waals surface area contributed by atoms with Gasteiger partial charge < -0.3 is 10.1 Å². The van der Waals surface area contributed by atoms with Crippen LogP contribution in [0.1, 0.15) is 71.1 Å². The molecule has 0 aromatic heterocycles. The number of hydrogen-bond donors (Lipinski definition) is 1. The van der Waals surface area contributed by atoms with E-state index in [1.54, 1.807) is 5.57 Å². The number of methoxy groups -OCH3 is 1. The van der Waals surface area contributed by atoms with Gasteiger partial charge in [0.1, 0.15) is 0 Å². The van der Waals surface area contributed by atoms with Gasteiger partial charge in [-0.2, -0.15) is 0 Å². The number of nitrogens with one attached hydrogen (secondary N) is 1. The van der Waals surface area contributed by atoms with Crippen molar-refractivity contribution >= 4 is 0 Å². The number of rotatable bonds is 5. The van der Waals surface area contributed by atoms with Crippen LogP contribution in [0.25, 0.3) is 0 Å². The first kappa shape index (κ1) is 15.1. The Morgan fingerprint density at radius 1 is 1.16 bits per heavy atom. The summed E-state index contributed by atoms with van der Waals surface area (Å²) in [7, 11) is 1.92. The van der Waals surface area contributed by atoms with Gasteiger partial charge in [-0.15, -0.1) is 0 Å². The fraction of sp³-hybridized carbons (Fsp3) is 0.882. The summed E-state index contributed by atoms with van der Waals surface area (Å²) in [5.41, 5.74) is 1.69. The maximum Gasteiger partial charge on any atom is 0.0869 e. The minimum absolute atomic E-state index is 0.0600. The van der Waals surface area contributed by atoms with E-state index in [9.17, 15) is 0 Å². The van der Waals surface area contributed by atoms with Crippen LogP contribution in [0.3, 0.4) is 0 Å². The average molecular weight is 265 g/mol. The van der Waals surface area contributed by atoms with Crippen molar-refractivity contribution in [2.24, 2.45) is 0 Å². The van der Waals surface area contributed by atoms with E-state index >= 15 is 0 Å². The Balaban J connectivity index is 2.18. The third-order valence-electron chi connectivity index (χ3n) is 4.99. The van der Waals surface area contributed by atoms with Gasteiger partial charge in [0.05, 0.1) is 11.6 Å². The van der Waals surface area contributed by atoms with Crippen molar-refractivity contribution in [2.75, 3.05) is 13.7 Å². The second-order valence-corrected chi connectivity index (χ2v) is 6.20. The zero-order valence-corrected chi connectivity index (χ0v) is 12.8. The number of allylic oxidation sites excluding steroid dienone is 1. The summed E-state index contributed by atoms with van der Waals surface area (Å²) in [6.07, 6.45) is 15.6. The quantitative estimate of drug-likeness (QED) is 0.752. The first-order valence-electron chi connectivity index (χ1n) is 8.30. The predicted molar refractivity (Wildman–Crippen MR) is 81.5 cm³/mol. The molecule has 1 N–H and O–H groups in total. The third-order valence-corrected chi connectivity index (χ3v) is 4.99. The van der Waals surface area contributed by atoms with E-state index < -0.39 is 0 Å². The van der Waals surface area contributed by atoms with Gasteiger partial charge in [0.2, 0.25) is 0 Å². The van der Waals surface area contributed by atoms with Crippen molar-refractivity contribution < 1.29 is 4.74 Å². The molecule has 1 saturated carbocycles. The smallest absolute Gasteiger partial charge is 0.0869 e. The Bertz CT molecular complexity index is 292. The summed E-state index contributed by atoms with van der Waals surface area (Å²) in [6, 6.07) is 0.445. The zero-order chi connectivity index (χ0) is 13.6. The fourth-order valence-electron chi connectivity index (χ4n) is 3.92. The van der Waals surface area contributed by atoms with Crippen LogP contribution >= 0.6 is 0 Å². The highest BCUT2D eigenvalue weighted by atomic mass is 16.5. The van der Waals surface area contributed by atoms with Gasteiger partial charge in [-0.1, -0.05) is 44.3 Å². The minimum atomic E-state index is 0.0600. The van der Waals surface area contributed by atoms with Crippen molar-refractivity contribution in [3.63, 3.8) is 0 Å². The van der Waals surface area contributed by atoms with Crippen LogP contribution in [0.5, 0.6) is 0 Å². The van der Waals surface area contributed by atoms with E-state index in [4.69, 9.17) is 4.74 Å². The molecule has 0 aliphatic heterocycles. The van der Waals surface area contributed by atoms with Gasteiger partial charge in [0, 0.05) is 7.11 Å². The maximum absolute atomic E-state index is 6.08. The second-order valence-electron chi connectivity index (χ2n) is 6.20. The summed E-state index contributed by atoms with van der Waals surface area (Å²) < 4.78 is 6.08. The standard InChI is InChI=1S/C17H31NO/c1-3-18-16(15-11-7-4-5-8-12-15)17(19-2)13-9-6-10-14-17/h11,16,18H,3-10,12-14H2,1-2H3. The summed E-state index contributed by atoms with van der Waals surface area (Å²) in [5.74, 6) is 0. The Labute approximate surface area is 119 Å². The van der Waals surface area contributed by atoms with E-state index in [1.165, 1.54) is 64.2 Å². The molecule has 1 unspecified atom stereocenters. The molecule has 0 heterocycles. The zero-order valence-electron chi connectivity index (χ0n) is 12.8. The van der Waals surface area contributed by atoms with E-state index in [0.29, 0.717) is 6.04 Å². The highest BCUT2D eigenvalue weighted by Crippen LogP contribution is 2.38. The number of hydrogen-bond acceptors (Lipinski definition) is 2. The molecule has 0 bridgehead atoms. The normalized spacial score (nSPS) is 25.5. The van der Waals surface area contributed by atoms with E-state index in [1.807, 2.05) is 7.11 Å². The van der Waals surface area contributed by atoms with Gasteiger partial charge >= 0.3 is 0 Å². The van der Waals surface area contributed by atoms with Crippen molar-refractivity contribution in [2.45, 2.75) is 82.8 Å². The molecule has 1 fully saturated rings. The van der Waals surface area contributed by atoms with Crippen LogP contribution < -0.4 is 5.32 Å². The topological polar surface area (TPSA) is 21.3 Å². The Kier molecular flexibility index (Phi) is 5.90. The van der Waals surface area contributed by atoms with Gasteiger partial charge in [-0.05, 0) is 45.1 Å². The summed E-state index contributed by atoms with van der Waals surface area (Å²) in [4.78, 5) is 0. The molecule has 19 heavy (non-hydrogen) atoms. The summed E-state index contributed by atoms with van der Waals surface area (Å²) in [5, 5.41) is 3.75. The molecule has 0 aromatic rings.